The van der Waals surface area contributed by atoms with Gasteiger partial charge in [-0.3, -0.25) is 10.8 Å². The van der Waals surface area contributed by atoms with Crippen molar-refractivity contribution in [1.29, 1.82) is 10.7 Å². The number of nitriles is 1. The number of rotatable bonds is 4. The Hall–Kier alpha value is -2.28. The van der Waals surface area contributed by atoms with Gasteiger partial charge in [-0.05, 0) is 28.1 Å². The molecule has 112 valence electrons. The van der Waals surface area contributed by atoms with Crippen LogP contribution in [0, 0.1) is 16.7 Å². The molecule has 0 fully saturated rings. The predicted molar refractivity (Wildman–Crippen MR) is 74.3 cm³/mol. The first-order chi connectivity index (χ1) is 9.70. The number of anilines is 1. The minimum Gasteiger partial charge on any atom is -0.495 e. The summed E-state index contributed by atoms with van der Waals surface area (Å²) in [4.78, 5) is 0. The molecule has 1 aromatic carbocycles. The molecule has 0 unspecified atom stereocenters. The highest BCUT2D eigenvalue weighted by atomic mass is 79.9. The fourth-order valence-corrected chi connectivity index (χ4v) is 1.96. The zero-order valence-electron chi connectivity index (χ0n) is 10.5. The van der Waals surface area contributed by atoms with E-state index < -0.39 is 23.3 Å². The fraction of sp³-hybridized carbons (Fsp3) is 0.182. The van der Waals surface area contributed by atoms with Gasteiger partial charge in [0.2, 0.25) is 5.71 Å². The van der Waals surface area contributed by atoms with E-state index in [0.717, 1.165) is 13.2 Å². The van der Waals surface area contributed by atoms with Crippen molar-refractivity contribution in [3.8, 4) is 11.8 Å². The molecule has 0 saturated heterocycles. The Morgan fingerprint density at radius 3 is 2.57 bits per heavy atom. The summed E-state index contributed by atoms with van der Waals surface area (Å²) in [6.45, 7) is 0. The Morgan fingerprint density at radius 1 is 1.52 bits per heavy atom. The van der Waals surface area contributed by atoms with Gasteiger partial charge in [0, 0.05) is 0 Å². The lowest BCUT2D eigenvalue weighted by Crippen LogP contribution is -2.22. The predicted octanol–water partition coefficient (Wildman–Crippen LogP) is 2.70. The van der Waals surface area contributed by atoms with Gasteiger partial charge in [-0.2, -0.15) is 23.5 Å². The minimum atomic E-state index is -4.63. The lowest BCUT2D eigenvalue weighted by molar-refractivity contribution is -0.138. The van der Waals surface area contributed by atoms with Crippen LogP contribution in [0.5, 0.6) is 5.75 Å². The van der Waals surface area contributed by atoms with Gasteiger partial charge in [0.05, 0.1) is 17.3 Å². The summed E-state index contributed by atoms with van der Waals surface area (Å²) < 4.78 is 43.5. The van der Waals surface area contributed by atoms with E-state index in [1.165, 1.54) is 12.1 Å². The Morgan fingerprint density at radius 2 is 2.14 bits per heavy atom. The van der Waals surface area contributed by atoms with Gasteiger partial charge >= 0.3 is 6.18 Å². The number of ether oxygens (including phenoxy) is 1. The first-order valence-corrected chi connectivity index (χ1v) is 6.03. The molecule has 0 spiro atoms. The number of halogens is 4. The molecule has 4 N–H and O–H groups in total. The summed E-state index contributed by atoms with van der Waals surface area (Å²) >= 11 is 2.96. The zero-order valence-corrected chi connectivity index (χ0v) is 12.1. The van der Waals surface area contributed by atoms with Gasteiger partial charge in [0.25, 0.3) is 0 Å². The number of nitrogens with two attached hydrogens (primary N) is 1. The van der Waals surface area contributed by atoms with E-state index in [1.54, 1.807) is 0 Å². The van der Waals surface area contributed by atoms with E-state index in [0.29, 0.717) is 0 Å². The summed E-state index contributed by atoms with van der Waals surface area (Å²) in [6.07, 6.45) is -4.63. The molecule has 0 bridgehead atoms. The van der Waals surface area contributed by atoms with Crippen LogP contribution in [0.25, 0.3) is 0 Å². The normalized spacial score (nSPS) is 11.7. The molecule has 21 heavy (non-hydrogen) atoms. The number of benzene rings is 1. The van der Waals surface area contributed by atoms with Crippen molar-refractivity contribution < 1.29 is 17.9 Å². The van der Waals surface area contributed by atoms with E-state index >= 15 is 0 Å². The van der Waals surface area contributed by atoms with E-state index in [2.05, 4.69) is 26.5 Å². The van der Waals surface area contributed by atoms with Crippen LogP contribution in [0.3, 0.4) is 0 Å². The first-order valence-electron chi connectivity index (χ1n) is 5.23. The molecular formula is C11H9BrF3N5O. The summed E-state index contributed by atoms with van der Waals surface area (Å²) in [5, 5.41) is 19.1. The van der Waals surface area contributed by atoms with Crippen LogP contribution >= 0.6 is 15.9 Å². The number of nitrogens with one attached hydrogen (secondary N) is 2. The van der Waals surface area contributed by atoms with Crippen LogP contribution < -0.4 is 15.9 Å². The van der Waals surface area contributed by atoms with Crippen LogP contribution in [0.4, 0.5) is 18.9 Å². The van der Waals surface area contributed by atoms with Crippen LogP contribution in [0.15, 0.2) is 21.7 Å². The number of hydrazone groups is 1. The van der Waals surface area contributed by atoms with Crippen molar-refractivity contribution in [2.45, 2.75) is 6.18 Å². The second-order valence-corrected chi connectivity index (χ2v) is 4.49. The Bertz CT molecular complexity index is 636. The topological polar surface area (TPSA) is 107 Å². The monoisotopic (exact) mass is 363 g/mol. The maximum absolute atomic E-state index is 12.9. The molecule has 0 amide bonds. The quantitative estimate of drug-likeness (QED) is 0.434. The minimum absolute atomic E-state index is 0.0519. The third-order valence-electron chi connectivity index (χ3n) is 2.21. The third-order valence-corrected chi connectivity index (χ3v) is 2.80. The van der Waals surface area contributed by atoms with Crippen LogP contribution in [-0.2, 0) is 6.18 Å². The lowest BCUT2D eigenvalue weighted by Gasteiger charge is -2.15. The number of hydrogen-bond donors (Lipinski definition) is 3. The van der Waals surface area contributed by atoms with Gasteiger partial charge in [0.15, 0.2) is 5.84 Å². The van der Waals surface area contributed by atoms with Gasteiger partial charge in [-0.1, -0.05) is 0 Å². The summed E-state index contributed by atoms with van der Waals surface area (Å²) in [5.41, 5.74) is 5.79. The first kappa shape index (κ1) is 16.8. The molecule has 1 rings (SSSR count). The van der Waals surface area contributed by atoms with Crippen molar-refractivity contribution in [3.63, 3.8) is 0 Å². The Kier molecular flexibility index (Phi) is 5.15. The van der Waals surface area contributed by atoms with Gasteiger partial charge in [-0.25, -0.2) is 0 Å². The van der Waals surface area contributed by atoms with Crippen molar-refractivity contribution >= 4 is 33.2 Å². The van der Waals surface area contributed by atoms with E-state index in [1.807, 2.05) is 0 Å². The largest absolute Gasteiger partial charge is 0.495 e. The van der Waals surface area contributed by atoms with Crippen LogP contribution in [0.2, 0.25) is 0 Å². The number of nitrogens with zero attached hydrogens (tertiary/aromatic N) is 2. The average molecular weight is 364 g/mol. The number of methoxy groups -OCH3 is 1. The van der Waals surface area contributed by atoms with Crippen molar-refractivity contribution in [2.75, 3.05) is 12.5 Å². The Balaban J connectivity index is 3.26. The zero-order chi connectivity index (χ0) is 16.2. The fourth-order valence-electron chi connectivity index (χ4n) is 1.34. The molecule has 0 heterocycles. The van der Waals surface area contributed by atoms with Crippen molar-refractivity contribution in [1.82, 2.24) is 0 Å². The third kappa shape index (κ3) is 4.09. The summed E-state index contributed by atoms with van der Waals surface area (Å²) in [7, 11) is 1.12. The second-order valence-electron chi connectivity index (χ2n) is 3.63. The number of hydrogen-bond acceptors (Lipinski definition) is 5. The smallest absolute Gasteiger partial charge is 0.420 e. The maximum atomic E-state index is 12.9. The number of alkyl halides is 3. The molecule has 0 radical (unpaired) electrons. The number of amidine groups is 1. The van der Waals surface area contributed by atoms with Gasteiger partial charge < -0.3 is 10.5 Å². The van der Waals surface area contributed by atoms with Crippen molar-refractivity contribution in [3.05, 3.63) is 22.2 Å². The maximum Gasteiger partial charge on any atom is 0.420 e. The van der Waals surface area contributed by atoms with E-state index in [9.17, 15) is 13.2 Å². The summed E-state index contributed by atoms with van der Waals surface area (Å²) in [5.74, 6) is -0.974. The summed E-state index contributed by atoms with van der Waals surface area (Å²) in [6, 6.07) is 3.58. The SMILES string of the molecule is COc1c(Br)cc(N/N=C(\C#N)C(=N)N)cc1C(F)(F)F. The van der Waals surface area contributed by atoms with Gasteiger partial charge in [0.1, 0.15) is 17.4 Å². The highest BCUT2D eigenvalue weighted by Crippen LogP contribution is 2.42. The molecule has 1 aromatic rings. The highest BCUT2D eigenvalue weighted by molar-refractivity contribution is 9.10. The Labute approximate surface area is 126 Å². The lowest BCUT2D eigenvalue weighted by atomic mass is 10.1. The molecule has 10 heteroatoms. The standard InChI is InChI=1S/C11H9BrF3N5O/c1-21-9-6(11(13,14)15)2-5(3-7(9)12)19-20-8(4-16)10(17)18/h2-3,19H,1H3,(H3,17,18)/b20-8+. The molecule has 0 aliphatic heterocycles. The van der Waals surface area contributed by atoms with Crippen LogP contribution in [-0.4, -0.2) is 18.7 Å². The van der Waals surface area contributed by atoms with Crippen molar-refractivity contribution in [2.24, 2.45) is 10.8 Å². The molecular weight excluding hydrogens is 355 g/mol. The van der Waals surface area contributed by atoms with Crippen LogP contribution in [0.1, 0.15) is 5.56 Å². The van der Waals surface area contributed by atoms with E-state index in [4.69, 9.17) is 21.1 Å². The highest BCUT2D eigenvalue weighted by Gasteiger charge is 2.35. The van der Waals surface area contributed by atoms with Gasteiger partial charge in [-0.15, -0.1) is 0 Å². The van der Waals surface area contributed by atoms with E-state index in [-0.39, 0.29) is 15.9 Å². The molecule has 0 saturated carbocycles. The molecule has 6 nitrogen and oxygen atoms in total. The molecule has 0 aromatic heterocycles. The molecule has 0 aliphatic rings. The average Bonchev–Trinajstić information content (AvgIpc) is 2.37. The molecule has 0 aliphatic carbocycles. The molecule has 0 atom stereocenters. The second kappa shape index (κ2) is 6.45.